The van der Waals surface area contributed by atoms with Gasteiger partial charge in [-0.2, -0.15) is 0 Å². The van der Waals surface area contributed by atoms with Crippen molar-refractivity contribution in [1.29, 1.82) is 0 Å². The average molecular weight is 348 g/mol. The van der Waals surface area contributed by atoms with Gasteiger partial charge in [0.2, 0.25) is 0 Å². The van der Waals surface area contributed by atoms with Crippen molar-refractivity contribution in [3.8, 4) is 28.3 Å². The van der Waals surface area contributed by atoms with Crippen LogP contribution in [0, 0.1) is 6.92 Å². The fourth-order valence-corrected chi connectivity index (χ4v) is 2.61. The molecule has 0 spiro atoms. The van der Waals surface area contributed by atoms with E-state index in [2.05, 4.69) is 46.5 Å². The van der Waals surface area contributed by atoms with Crippen LogP contribution in [0.3, 0.4) is 0 Å². The lowest BCUT2D eigenvalue weighted by Gasteiger charge is -2.12. The number of aromatic nitrogens is 2. The number of anilines is 1. The molecule has 0 unspecified atom stereocenters. The normalized spacial score (nSPS) is 12.0. The van der Waals surface area contributed by atoms with Gasteiger partial charge < -0.3 is 16.2 Å². The van der Waals surface area contributed by atoms with Crippen molar-refractivity contribution < 1.29 is 5.11 Å². The van der Waals surface area contributed by atoms with Crippen LogP contribution in [-0.2, 0) is 0 Å². The summed E-state index contributed by atoms with van der Waals surface area (Å²) in [6, 6.07) is 15.6. The molecule has 0 bridgehead atoms. The van der Waals surface area contributed by atoms with Crippen molar-refractivity contribution in [3.63, 3.8) is 0 Å². The predicted octanol–water partition coefficient (Wildman–Crippen LogP) is 3.97. The van der Waals surface area contributed by atoms with Crippen molar-refractivity contribution in [2.45, 2.75) is 26.3 Å². The third-order valence-electron chi connectivity index (χ3n) is 4.35. The number of nitrogens with zero attached hydrogens (tertiary/aromatic N) is 2. The van der Waals surface area contributed by atoms with E-state index < -0.39 is 0 Å². The van der Waals surface area contributed by atoms with Crippen molar-refractivity contribution in [1.82, 2.24) is 9.97 Å². The fourth-order valence-electron chi connectivity index (χ4n) is 2.61. The number of phenols is 1. The number of aryl methyl sites for hydroxylation is 1. The first kappa shape index (κ1) is 17.9. The van der Waals surface area contributed by atoms with E-state index in [9.17, 15) is 5.11 Å². The number of rotatable bonds is 6. The zero-order valence-electron chi connectivity index (χ0n) is 15.1. The van der Waals surface area contributed by atoms with Crippen LogP contribution in [0.5, 0.6) is 5.75 Å². The highest BCUT2D eigenvalue weighted by molar-refractivity contribution is 5.74. The fraction of sp³-hybridized carbons (Fsp3) is 0.238. The molecule has 0 amide bonds. The Kier molecular flexibility index (Phi) is 5.49. The monoisotopic (exact) mass is 348 g/mol. The lowest BCUT2D eigenvalue weighted by Crippen LogP contribution is -2.28. The van der Waals surface area contributed by atoms with Gasteiger partial charge in [-0.15, -0.1) is 0 Å². The molecule has 1 atom stereocenters. The Morgan fingerprint density at radius 2 is 1.81 bits per heavy atom. The highest BCUT2D eigenvalue weighted by Gasteiger charge is 2.11. The summed E-state index contributed by atoms with van der Waals surface area (Å²) >= 11 is 0. The summed E-state index contributed by atoms with van der Waals surface area (Å²) < 4.78 is 0. The van der Waals surface area contributed by atoms with Gasteiger partial charge in [0.25, 0.3) is 0 Å². The zero-order chi connectivity index (χ0) is 18.5. The number of phenolic OH excluding ortho intramolecular Hbond substituents is 1. The summed E-state index contributed by atoms with van der Waals surface area (Å²) in [6.07, 6.45) is 2.57. The van der Waals surface area contributed by atoms with Crippen molar-refractivity contribution >= 4 is 5.82 Å². The van der Waals surface area contributed by atoms with Crippen LogP contribution in [0.1, 0.15) is 18.9 Å². The maximum atomic E-state index is 10.3. The largest absolute Gasteiger partial charge is 0.507 e. The molecule has 1 heterocycles. The van der Waals surface area contributed by atoms with Gasteiger partial charge in [0.15, 0.2) is 5.82 Å². The third-order valence-corrected chi connectivity index (χ3v) is 4.35. The Labute approximate surface area is 153 Å². The Morgan fingerprint density at radius 1 is 1.08 bits per heavy atom. The number of benzene rings is 2. The maximum Gasteiger partial charge on any atom is 0.165 e. The van der Waals surface area contributed by atoms with Crippen molar-refractivity contribution in [2.24, 2.45) is 5.73 Å². The molecule has 0 saturated carbocycles. The second-order valence-corrected chi connectivity index (χ2v) is 6.41. The van der Waals surface area contributed by atoms with Crippen LogP contribution < -0.4 is 11.1 Å². The molecule has 3 rings (SSSR count). The SMILES string of the molecule is CC[C@H](N)CNc1ccnc(-c2cc(-c3ccc(C)cc3)ccc2O)n1. The molecule has 26 heavy (non-hydrogen) atoms. The summed E-state index contributed by atoms with van der Waals surface area (Å²) in [5.74, 6) is 1.33. The van der Waals surface area contributed by atoms with Gasteiger partial charge in [0.05, 0.1) is 5.56 Å². The van der Waals surface area contributed by atoms with Gasteiger partial charge in [-0.25, -0.2) is 9.97 Å². The Balaban J connectivity index is 1.91. The number of aromatic hydroxyl groups is 1. The Morgan fingerprint density at radius 3 is 2.54 bits per heavy atom. The van der Waals surface area contributed by atoms with Crippen LogP contribution in [0.2, 0.25) is 0 Å². The lowest BCUT2D eigenvalue weighted by atomic mass is 10.0. The first-order valence-electron chi connectivity index (χ1n) is 8.79. The predicted molar refractivity (Wildman–Crippen MR) is 106 cm³/mol. The van der Waals surface area contributed by atoms with Gasteiger partial charge in [-0.05, 0) is 42.7 Å². The zero-order valence-corrected chi connectivity index (χ0v) is 15.1. The van der Waals surface area contributed by atoms with Gasteiger partial charge in [-0.3, -0.25) is 0 Å². The van der Waals surface area contributed by atoms with E-state index in [1.807, 2.05) is 19.1 Å². The van der Waals surface area contributed by atoms with Crippen molar-refractivity contribution in [2.75, 3.05) is 11.9 Å². The van der Waals surface area contributed by atoms with E-state index in [1.165, 1.54) is 5.56 Å². The molecule has 0 saturated heterocycles. The molecule has 1 aromatic heterocycles. The molecular weight excluding hydrogens is 324 g/mol. The summed E-state index contributed by atoms with van der Waals surface area (Å²) in [5, 5.41) is 13.5. The van der Waals surface area contributed by atoms with Crippen molar-refractivity contribution in [3.05, 3.63) is 60.3 Å². The smallest absolute Gasteiger partial charge is 0.165 e. The summed E-state index contributed by atoms with van der Waals surface area (Å²) in [7, 11) is 0. The number of nitrogens with one attached hydrogen (secondary N) is 1. The first-order chi connectivity index (χ1) is 12.6. The molecule has 0 fully saturated rings. The topological polar surface area (TPSA) is 84.1 Å². The van der Waals surface area contributed by atoms with Crippen LogP contribution in [0.15, 0.2) is 54.7 Å². The standard InChI is InChI=1S/C21H24N4O/c1-3-17(22)13-24-20-10-11-23-21(25-20)18-12-16(8-9-19(18)26)15-6-4-14(2)5-7-15/h4-12,17,26H,3,13,22H2,1-2H3,(H,23,24,25)/t17-/m0/s1. The summed E-state index contributed by atoms with van der Waals surface area (Å²) in [6.45, 7) is 4.75. The van der Waals surface area contributed by atoms with E-state index in [1.54, 1.807) is 18.3 Å². The molecule has 3 aromatic rings. The number of hydrogen-bond donors (Lipinski definition) is 3. The van der Waals surface area contributed by atoms with E-state index >= 15 is 0 Å². The lowest BCUT2D eigenvalue weighted by molar-refractivity contribution is 0.477. The highest BCUT2D eigenvalue weighted by atomic mass is 16.3. The molecule has 0 radical (unpaired) electrons. The average Bonchev–Trinajstić information content (AvgIpc) is 2.67. The van der Waals surface area contributed by atoms with E-state index in [0.29, 0.717) is 23.8 Å². The molecule has 0 aliphatic heterocycles. The number of hydrogen-bond acceptors (Lipinski definition) is 5. The molecule has 4 N–H and O–H groups in total. The molecule has 0 aliphatic carbocycles. The van der Waals surface area contributed by atoms with Crippen LogP contribution in [0.4, 0.5) is 5.82 Å². The molecule has 2 aromatic carbocycles. The van der Waals surface area contributed by atoms with Crippen LogP contribution in [0.25, 0.3) is 22.5 Å². The van der Waals surface area contributed by atoms with Gasteiger partial charge in [-0.1, -0.05) is 42.8 Å². The van der Waals surface area contributed by atoms with E-state index in [0.717, 1.165) is 17.5 Å². The number of nitrogens with two attached hydrogens (primary N) is 1. The highest BCUT2D eigenvalue weighted by Crippen LogP contribution is 2.32. The maximum absolute atomic E-state index is 10.3. The second kappa shape index (κ2) is 7.97. The minimum atomic E-state index is 0.0756. The molecular formula is C21H24N4O. The van der Waals surface area contributed by atoms with Gasteiger partial charge >= 0.3 is 0 Å². The van der Waals surface area contributed by atoms with Gasteiger partial charge in [0, 0.05) is 18.8 Å². The van der Waals surface area contributed by atoms with Crippen LogP contribution in [-0.4, -0.2) is 27.7 Å². The minimum Gasteiger partial charge on any atom is -0.507 e. The van der Waals surface area contributed by atoms with Crippen LogP contribution >= 0.6 is 0 Å². The Hall–Kier alpha value is -2.92. The quantitative estimate of drug-likeness (QED) is 0.628. The molecule has 5 heteroatoms. The first-order valence-corrected chi connectivity index (χ1v) is 8.79. The van der Waals surface area contributed by atoms with Gasteiger partial charge in [0.1, 0.15) is 11.6 Å². The molecule has 0 aliphatic rings. The summed E-state index contributed by atoms with van der Waals surface area (Å²) in [5.41, 5.74) is 9.85. The van der Waals surface area contributed by atoms with E-state index in [4.69, 9.17) is 5.73 Å². The molecule has 134 valence electrons. The van der Waals surface area contributed by atoms with E-state index in [-0.39, 0.29) is 11.8 Å². The third kappa shape index (κ3) is 4.18. The Bertz CT molecular complexity index is 877. The molecule has 5 nitrogen and oxygen atoms in total. The second-order valence-electron chi connectivity index (χ2n) is 6.41. The summed E-state index contributed by atoms with van der Waals surface area (Å²) in [4.78, 5) is 8.85. The minimum absolute atomic E-state index is 0.0756.